The maximum atomic E-state index is 12.4. The quantitative estimate of drug-likeness (QED) is 0.784. The fourth-order valence-electron chi connectivity index (χ4n) is 3.45. The lowest BCUT2D eigenvalue weighted by Crippen LogP contribution is -2.32. The average molecular weight is 333 g/mol. The van der Waals surface area contributed by atoms with E-state index in [1.165, 1.54) is 32.8 Å². The lowest BCUT2D eigenvalue weighted by atomic mass is 9.79. The molecule has 0 aromatic heterocycles. The summed E-state index contributed by atoms with van der Waals surface area (Å²) in [6.45, 7) is 5.03. The maximum absolute atomic E-state index is 12.4. The number of amides is 1. The SMILES string of the molecule is COc1cc(CNC(=O)C2CCC(CCC(C)C)CC2)ccc1O. The number of carbonyl (C=O) groups is 1. The lowest BCUT2D eigenvalue weighted by Gasteiger charge is -2.28. The van der Waals surface area contributed by atoms with E-state index in [-0.39, 0.29) is 17.6 Å². The predicted molar refractivity (Wildman–Crippen MR) is 96.0 cm³/mol. The van der Waals surface area contributed by atoms with Gasteiger partial charge in [-0.3, -0.25) is 4.79 Å². The summed E-state index contributed by atoms with van der Waals surface area (Å²) >= 11 is 0. The molecule has 0 aliphatic heterocycles. The summed E-state index contributed by atoms with van der Waals surface area (Å²) < 4.78 is 5.10. The molecule has 0 heterocycles. The van der Waals surface area contributed by atoms with Crippen LogP contribution in [0.15, 0.2) is 18.2 Å². The Morgan fingerprint density at radius 3 is 2.62 bits per heavy atom. The standard InChI is InChI=1S/C20H31NO3/c1-14(2)4-5-15-6-9-17(10-7-15)20(23)21-13-16-8-11-18(22)19(12-16)24-3/h8,11-12,14-15,17,22H,4-7,9-10,13H2,1-3H3,(H,21,23). The van der Waals surface area contributed by atoms with Crippen molar-refractivity contribution in [2.24, 2.45) is 17.8 Å². The van der Waals surface area contributed by atoms with Crippen LogP contribution >= 0.6 is 0 Å². The third kappa shape index (κ3) is 5.43. The Morgan fingerprint density at radius 2 is 2.00 bits per heavy atom. The summed E-state index contributed by atoms with van der Waals surface area (Å²) in [5.41, 5.74) is 0.934. The molecule has 1 amide bonds. The van der Waals surface area contributed by atoms with Crippen LogP contribution in [0.3, 0.4) is 0 Å². The number of nitrogens with one attached hydrogen (secondary N) is 1. The number of ether oxygens (including phenoxy) is 1. The van der Waals surface area contributed by atoms with Crippen LogP contribution in [0, 0.1) is 17.8 Å². The van der Waals surface area contributed by atoms with Crippen molar-refractivity contribution in [3.63, 3.8) is 0 Å². The Hall–Kier alpha value is -1.71. The lowest BCUT2D eigenvalue weighted by molar-refractivity contribution is -0.126. The van der Waals surface area contributed by atoms with Crippen molar-refractivity contribution in [2.45, 2.75) is 58.9 Å². The number of hydrogen-bond acceptors (Lipinski definition) is 3. The summed E-state index contributed by atoms with van der Waals surface area (Å²) in [7, 11) is 1.52. The first kappa shape index (κ1) is 18.6. The monoisotopic (exact) mass is 333 g/mol. The normalized spacial score (nSPS) is 20.8. The highest BCUT2D eigenvalue weighted by Crippen LogP contribution is 2.32. The summed E-state index contributed by atoms with van der Waals surface area (Å²) in [6.07, 6.45) is 6.97. The summed E-state index contributed by atoms with van der Waals surface area (Å²) in [4.78, 5) is 12.4. The number of rotatable bonds is 7. The summed E-state index contributed by atoms with van der Waals surface area (Å²) in [6, 6.07) is 5.17. The van der Waals surface area contributed by atoms with Crippen molar-refractivity contribution < 1.29 is 14.6 Å². The number of phenols is 1. The molecule has 1 fully saturated rings. The predicted octanol–water partition coefficient (Wildman–Crippen LogP) is 4.26. The summed E-state index contributed by atoms with van der Waals surface area (Å²) in [5, 5.41) is 12.6. The van der Waals surface area contributed by atoms with Gasteiger partial charge in [-0.15, -0.1) is 0 Å². The molecule has 0 atom stereocenters. The molecule has 24 heavy (non-hydrogen) atoms. The number of hydrogen-bond donors (Lipinski definition) is 2. The Kier molecular flexibility index (Phi) is 6.95. The molecule has 1 aromatic carbocycles. The van der Waals surface area contributed by atoms with Gasteiger partial charge in [0, 0.05) is 12.5 Å². The second-order valence-electron chi connectivity index (χ2n) is 7.41. The van der Waals surface area contributed by atoms with E-state index in [0.29, 0.717) is 12.3 Å². The van der Waals surface area contributed by atoms with Gasteiger partial charge < -0.3 is 15.2 Å². The van der Waals surface area contributed by atoms with Crippen molar-refractivity contribution in [3.8, 4) is 11.5 Å². The molecule has 0 unspecified atom stereocenters. The van der Waals surface area contributed by atoms with Crippen LogP contribution in [0.4, 0.5) is 0 Å². The number of carbonyl (C=O) groups excluding carboxylic acids is 1. The molecule has 0 bridgehead atoms. The van der Waals surface area contributed by atoms with Crippen LogP contribution in [0.1, 0.15) is 57.9 Å². The van der Waals surface area contributed by atoms with E-state index in [0.717, 1.165) is 30.2 Å². The molecule has 0 radical (unpaired) electrons. The van der Waals surface area contributed by atoms with Gasteiger partial charge >= 0.3 is 0 Å². The number of phenolic OH excluding ortho intramolecular Hbond substituents is 1. The second kappa shape index (κ2) is 8.95. The van der Waals surface area contributed by atoms with Crippen molar-refractivity contribution in [2.75, 3.05) is 7.11 Å². The minimum absolute atomic E-state index is 0.118. The van der Waals surface area contributed by atoms with E-state index in [2.05, 4.69) is 19.2 Å². The van der Waals surface area contributed by atoms with Gasteiger partial charge in [0.25, 0.3) is 0 Å². The molecular weight excluding hydrogens is 302 g/mol. The molecule has 1 saturated carbocycles. The molecule has 0 saturated heterocycles. The zero-order valence-corrected chi connectivity index (χ0v) is 15.2. The molecular formula is C20H31NO3. The van der Waals surface area contributed by atoms with Gasteiger partial charge in [0.05, 0.1) is 7.11 Å². The van der Waals surface area contributed by atoms with Gasteiger partial charge in [-0.1, -0.05) is 32.8 Å². The van der Waals surface area contributed by atoms with E-state index in [4.69, 9.17) is 4.74 Å². The largest absolute Gasteiger partial charge is 0.504 e. The molecule has 1 aliphatic carbocycles. The van der Waals surface area contributed by atoms with E-state index in [1.807, 2.05) is 0 Å². The number of benzene rings is 1. The highest BCUT2D eigenvalue weighted by molar-refractivity contribution is 5.78. The van der Waals surface area contributed by atoms with Crippen LogP contribution in [0.5, 0.6) is 11.5 Å². The molecule has 4 heteroatoms. The van der Waals surface area contributed by atoms with E-state index in [1.54, 1.807) is 18.2 Å². The molecule has 2 N–H and O–H groups in total. The fraction of sp³-hybridized carbons (Fsp3) is 0.650. The molecule has 1 aliphatic rings. The third-order valence-electron chi connectivity index (χ3n) is 5.08. The van der Waals surface area contributed by atoms with Crippen LogP contribution in [-0.4, -0.2) is 18.1 Å². The Labute approximate surface area is 145 Å². The molecule has 4 nitrogen and oxygen atoms in total. The Balaban J connectivity index is 1.75. The van der Waals surface area contributed by atoms with Gasteiger partial charge in [0.2, 0.25) is 5.91 Å². The topological polar surface area (TPSA) is 58.6 Å². The fourth-order valence-corrected chi connectivity index (χ4v) is 3.45. The van der Waals surface area contributed by atoms with Crippen molar-refractivity contribution in [1.82, 2.24) is 5.32 Å². The molecule has 134 valence electrons. The van der Waals surface area contributed by atoms with Crippen LogP contribution < -0.4 is 10.1 Å². The number of methoxy groups -OCH3 is 1. The van der Waals surface area contributed by atoms with Gasteiger partial charge in [-0.05, 0) is 55.2 Å². The molecule has 0 spiro atoms. The Morgan fingerprint density at radius 1 is 1.29 bits per heavy atom. The van der Waals surface area contributed by atoms with Gasteiger partial charge in [0.1, 0.15) is 0 Å². The first-order chi connectivity index (χ1) is 11.5. The van der Waals surface area contributed by atoms with Gasteiger partial charge in [-0.2, -0.15) is 0 Å². The van der Waals surface area contributed by atoms with Crippen LogP contribution in [-0.2, 0) is 11.3 Å². The smallest absolute Gasteiger partial charge is 0.223 e. The van der Waals surface area contributed by atoms with Gasteiger partial charge in [-0.25, -0.2) is 0 Å². The summed E-state index contributed by atoms with van der Waals surface area (Å²) in [5.74, 6) is 2.44. The van der Waals surface area contributed by atoms with Crippen LogP contribution in [0.25, 0.3) is 0 Å². The second-order valence-corrected chi connectivity index (χ2v) is 7.41. The van der Waals surface area contributed by atoms with Crippen molar-refractivity contribution in [1.29, 1.82) is 0 Å². The minimum Gasteiger partial charge on any atom is -0.504 e. The third-order valence-corrected chi connectivity index (χ3v) is 5.08. The van der Waals surface area contributed by atoms with Crippen LogP contribution in [0.2, 0.25) is 0 Å². The van der Waals surface area contributed by atoms with Crippen molar-refractivity contribution in [3.05, 3.63) is 23.8 Å². The van der Waals surface area contributed by atoms with E-state index < -0.39 is 0 Å². The maximum Gasteiger partial charge on any atom is 0.223 e. The van der Waals surface area contributed by atoms with E-state index in [9.17, 15) is 9.90 Å². The first-order valence-corrected chi connectivity index (χ1v) is 9.13. The zero-order chi connectivity index (χ0) is 17.5. The number of aromatic hydroxyl groups is 1. The Bertz CT molecular complexity index is 534. The highest BCUT2D eigenvalue weighted by atomic mass is 16.5. The van der Waals surface area contributed by atoms with Crippen molar-refractivity contribution >= 4 is 5.91 Å². The van der Waals surface area contributed by atoms with Gasteiger partial charge in [0.15, 0.2) is 11.5 Å². The molecule has 2 rings (SSSR count). The highest BCUT2D eigenvalue weighted by Gasteiger charge is 2.26. The van der Waals surface area contributed by atoms with E-state index >= 15 is 0 Å². The molecule has 1 aromatic rings. The zero-order valence-electron chi connectivity index (χ0n) is 15.2. The first-order valence-electron chi connectivity index (χ1n) is 9.13. The average Bonchev–Trinajstić information content (AvgIpc) is 2.59. The minimum atomic E-state index is 0.118.